The molecule has 32 heavy (non-hydrogen) atoms. The molecule has 0 bridgehead atoms. The number of hydrogen-bond acceptors (Lipinski definition) is 6. The number of amides is 2. The largest absolute Gasteiger partial charge is 0.377 e. The molecule has 1 heterocycles. The average molecular weight is 482 g/mol. The Kier molecular flexibility index (Phi) is 8.24. The molecule has 0 aromatic heterocycles. The van der Waals surface area contributed by atoms with Gasteiger partial charge in [-0.2, -0.15) is 0 Å². The second kappa shape index (κ2) is 10.3. The van der Waals surface area contributed by atoms with Gasteiger partial charge in [0.25, 0.3) is 10.0 Å². The smallest absolute Gasteiger partial charge is 0.265 e. The summed E-state index contributed by atoms with van der Waals surface area (Å²) in [6, 6.07) is 4.37. The maximum atomic E-state index is 13.1. The number of sulfonamides is 1. The van der Waals surface area contributed by atoms with Gasteiger partial charge in [0, 0.05) is 26.8 Å². The zero-order chi connectivity index (χ0) is 24.1. The first-order valence-corrected chi connectivity index (χ1v) is 12.2. The second-order valence-electron chi connectivity index (χ2n) is 7.86. The van der Waals surface area contributed by atoms with E-state index in [0.29, 0.717) is 37.0 Å². The summed E-state index contributed by atoms with van der Waals surface area (Å²) in [7, 11) is -0.526. The molecule has 0 spiro atoms. The van der Waals surface area contributed by atoms with E-state index < -0.39 is 21.5 Å². The Morgan fingerprint density at radius 1 is 1.31 bits per heavy atom. The van der Waals surface area contributed by atoms with E-state index in [1.165, 1.54) is 6.07 Å². The topological polar surface area (TPSA) is 120 Å². The van der Waals surface area contributed by atoms with E-state index in [1.54, 1.807) is 44.3 Å². The zero-order valence-corrected chi connectivity index (χ0v) is 20.6. The molecule has 1 aromatic rings. The molecule has 2 amide bonds. The van der Waals surface area contributed by atoms with Crippen LogP contribution < -0.4 is 25.6 Å². The van der Waals surface area contributed by atoms with E-state index >= 15 is 0 Å². The van der Waals surface area contributed by atoms with Crippen LogP contribution >= 0.6 is 12.2 Å². The van der Waals surface area contributed by atoms with Crippen LogP contribution in [-0.2, 0) is 19.6 Å². The third kappa shape index (κ3) is 5.21. The molecule has 176 valence electrons. The summed E-state index contributed by atoms with van der Waals surface area (Å²) < 4.78 is 28.6. The predicted molar refractivity (Wildman–Crippen MR) is 129 cm³/mol. The van der Waals surface area contributed by atoms with E-state index in [-0.39, 0.29) is 15.9 Å². The number of carbonyl (C=O) groups is 2. The fourth-order valence-electron chi connectivity index (χ4n) is 3.88. The van der Waals surface area contributed by atoms with Gasteiger partial charge in [-0.3, -0.25) is 14.3 Å². The Balaban J connectivity index is 2.54. The van der Waals surface area contributed by atoms with Crippen LogP contribution in [0.3, 0.4) is 0 Å². The Morgan fingerprint density at radius 3 is 2.50 bits per heavy atom. The monoisotopic (exact) mass is 481 g/mol. The van der Waals surface area contributed by atoms with Crippen molar-refractivity contribution in [3.05, 3.63) is 35.5 Å². The quantitative estimate of drug-likeness (QED) is 0.296. The molecule has 0 fully saturated rings. The second-order valence-corrected chi connectivity index (χ2v) is 9.92. The molecule has 9 nitrogen and oxygen atoms in total. The Labute approximate surface area is 195 Å². The van der Waals surface area contributed by atoms with Gasteiger partial charge in [0.1, 0.15) is 4.90 Å². The molecule has 0 saturated carbocycles. The van der Waals surface area contributed by atoms with Crippen LogP contribution in [0.15, 0.2) is 34.9 Å². The summed E-state index contributed by atoms with van der Waals surface area (Å²) in [5.74, 6) is -0.134. The van der Waals surface area contributed by atoms with Crippen molar-refractivity contribution < 1.29 is 18.0 Å². The summed E-state index contributed by atoms with van der Waals surface area (Å²) in [5, 5.41) is 8.28. The van der Waals surface area contributed by atoms with Crippen molar-refractivity contribution in [1.82, 2.24) is 20.7 Å². The molecule has 0 radical (unpaired) electrons. The minimum Gasteiger partial charge on any atom is -0.377 e. The van der Waals surface area contributed by atoms with Crippen molar-refractivity contribution >= 4 is 45.4 Å². The summed E-state index contributed by atoms with van der Waals surface area (Å²) in [5.41, 5.74) is 1.12. The highest BCUT2D eigenvalue weighted by atomic mass is 32.2. The van der Waals surface area contributed by atoms with Crippen LogP contribution in [0.1, 0.15) is 45.2 Å². The number of rotatable bonds is 10. The van der Waals surface area contributed by atoms with Gasteiger partial charge in [0.05, 0.1) is 17.1 Å². The van der Waals surface area contributed by atoms with Gasteiger partial charge in [-0.25, -0.2) is 8.42 Å². The van der Waals surface area contributed by atoms with Gasteiger partial charge in [0.15, 0.2) is 5.11 Å². The molecule has 0 aliphatic carbocycles. The summed E-state index contributed by atoms with van der Waals surface area (Å²) in [6.07, 6.45) is 3.07. The van der Waals surface area contributed by atoms with Gasteiger partial charge in [-0.15, -0.1) is 0 Å². The highest BCUT2D eigenvalue weighted by molar-refractivity contribution is 7.92. The van der Waals surface area contributed by atoms with E-state index in [0.717, 1.165) is 5.57 Å². The molecule has 1 aromatic carbocycles. The number of hydrogen-bond donors (Lipinski definition) is 4. The molecule has 11 heteroatoms. The zero-order valence-electron chi connectivity index (χ0n) is 19.0. The molecule has 2 unspecified atom stereocenters. The lowest BCUT2D eigenvalue weighted by atomic mass is 9.73. The van der Waals surface area contributed by atoms with Crippen LogP contribution in [0.5, 0.6) is 0 Å². The highest BCUT2D eigenvalue weighted by Gasteiger charge is 2.43. The number of carbonyl (C=O) groups excluding carboxylic acids is 2. The minimum atomic E-state index is -4.00. The van der Waals surface area contributed by atoms with Gasteiger partial charge in [0.2, 0.25) is 12.3 Å². The Bertz CT molecular complexity index is 1020. The lowest BCUT2D eigenvalue weighted by molar-refractivity contribution is -0.128. The van der Waals surface area contributed by atoms with Crippen molar-refractivity contribution in [2.45, 2.75) is 44.6 Å². The van der Waals surface area contributed by atoms with Gasteiger partial charge < -0.3 is 20.9 Å². The number of nitrogens with zero attached hydrogens (tertiary/aromatic N) is 1. The fourth-order valence-corrected chi connectivity index (χ4v) is 5.59. The van der Waals surface area contributed by atoms with Crippen LogP contribution in [0, 0.1) is 5.41 Å². The lowest BCUT2D eigenvalue weighted by Crippen LogP contribution is -2.39. The molecular formula is C21H31N5O4S2. The molecule has 4 N–H and O–H groups in total. The summed E-state index contributed by atoms with van der Waals surface area (Å²) in [4.78, 5) is 25.8. The maximum absolute atomic E-state index is 13.1. The number of anilines is 1. The first-order chi connectivity index (χ1) is 15.0. The minimum absolute atomic E-state index is 0.00139. The summed E-state index contributed by atoms with van der Waals surface area (Å²) in [6.45, 7) is 6.06. The molecule has 2 rings (SSSR count). The van der Waals surface area contributed by atoms with Crippen LogP contribution in [0.25, 0.3) is 0 Å². The molecule has 1 aliphatic heterocycles. The lowest BCUT2D eigenvalue weighted by Gasteiger charge is -2.32. The molecule has 0 saturated heterocycles. The normalized spacial score (nSPS) is 18.9. The van der Waals surface area contributed by atoms with Crippen molar-refractivity contribution in [2.24, 2.45) is 5.41 Å². The van der Waals surface area contributed by atoms with Crippen molar-refractivity contribution in [2.75, 3.05) is 25.5 Å². The van der Waals surface area contributed by atoms with Crippen molar-refractivity contribution in [1.29, 1.82) is 0 Å². The van der Waals surface area contributed by atoms with Crippen LogP contribution in [0.2, 0.25) is 0 Å². The third-order valence-corrected chi connectivity index (χ3v) is 7.51. The number of benzene rings is 1. The molecule has 1 aliphatic rings. The molecule has 2 atom stereocenters. The highest BCUT2D eigenvalue weighted by Crippen LogP contribution is 2.43. The summed E-state index contributed by atoms with van der Waals surface area (Å²) >= 11 is 5.06. The van der Waals surface area contributed by atoms with Crippen LogP contribution in [0.4, 0.5) is 5.69 Å². The van der Waals surface area contributed by atoms with Gasteiger partial charge >= 0.3 is 0 Å². The van der Waals surface area contributed by atoms with E-state index in [9.17, 15) is 18.0 Å². The maximum Gasteiger partial charge on any atom is 0.265 e. The van der Waals surface area contributed by atoms with Crippen molar-refractivity contribution in [3.8, 4) is 0 Å². The van der Waals surface area contributed by atoms with E-state index in [2.05, 4.69) is 20.7 Å². The number of thiocarbonyl (C=S) groups is 1. The standard InChI is InChI=1S/C21H31N5O4S2/c1-6-21(14(3)12-23-19(21)28)11-16(24-13-27)15-8-9-17(26(4)5)18(10-15)32(29,30)25-20(31)22-7-2/h8-10,12-13,16H,6-7,11H2,1-5H3,(H,23,28)(H,24,27)(H2,22,25,31). The van der Waals surface area contributed by atoms with E-state index in [1.807, 2.05) is 13.8 Å². The van der Waals surface area contributed by atoms with Crippen LogP contribution in [-0.4, -0.2) is 46.5 Å². The fraction of sp³-hybridized carbons (Fsp3) is 0.476. The predicted octanol–water partition coefficient (Wildman–Crippen LogP) is 1.53. The van der Waals surface area contributed by atoms with Crippen molar-refractivity contribution in [3.63, 3.8) is 0 Å². The Morgan fingerprint density at radius 2 is 2.00 bits per heavy atom. The first kappa shape index (κ1) is 25.6. The van der Waals surface area contributed by atoms with Gasteiger partial charge in [-0.1, -0.05) is 13.0 Å². The number of nitrogens with one attached hydrogen (secondary N) is 4. The third-order valence-electron chi connectivity index (χ3n) is 5.76. The van der Waals surface area contributed by atoms with Gasteiger partial charge in [-0.05, 0) is 62.2 Å². The Hall–Kier alpha value is -2.66. The average Bonchev–Trinajstić information content (AvgIpc) is 3.01. The first-order valence-electron chi connectivity index (χ1n) is 10.3. The van der Waals surface area contributed by atoms with E-state index in [4.69, 9.17) is 12.2 Å². The SMILES string of the molecule is CCNC(=S)NS(=O)(=O)c1cc(C(CC2(CC)C(=O)NC=C2C)NC=O)ccc1N(C)C. The molecular weight excluding hydrogens is 450 g/mol.